The Morgan fingerprint density at radius 1 is 0.909 bits per heavy atom. The van der Waals surface area contributed by atoms with Crippen LogP contribution in [0.15, 0.2) is 24.3 Å². The Morgan fingerprint density at radius 3 is 2.14 bits per heavy atom. The highest BCUT2D eigenvalue weighted by atomic mass is 35.5. The fraction of sp³-hybridized carbons (Fsp3) is 0.357. The minimum Gasteiger partial charge on any atom is -0.495 e. The molecule has 1 saturated heterocycles. The summed E-state index contributed by atoms with van der Waals surface area (Å²) in [4.78, 5) is 16.4. The zero-order valence-electron chi connectivity index (χ0n) is 12.0. The molecule has 1 aliphatic rings. The number of anilines is 2. The Morgan fingerprint density at radius 2 is 1.50 bits per heavy atom. The lowest BCUT2D eigenvalue weighted by Gasteiger charge is -2.36. The third-order valence-electron chi connectivity index (χ3n) is 3.56. The first-order chi connectivity index (χ1) is 10.7. The first-order valence-corrected chi connectivity index (χ1v) is 7.63. The number of nitrogens with zero attached hydrogens (tertiary/aromatic N) is 5. The van der Waals surface area contributed by atoms with E-state index in [1.54, 1.807) is 7.11 Å². The van der Waals surface area contributed by atoms with E-state index in [2.05, 4.69) is 25.9 Å². The second-order valence-corrected chi connectivity index (χ2v) is 5.50. The molecule has 0 spiro atoms. The van der Waals surface area contributed by atoms with E-state index in [9.17, 15) is 0 Å². The minimum atomic E-state index is 0.113. The molecule has 3 rings (SSSR count). The van der Waals surface area contributed by atoms with Crippen LogP contribution >= 0.6 is 23.2 Å². The third-order valence-corrected chi connectivity index (χ3v) is 3.90. The monoisotopic (exact) mass is 339 g/mol. The predicted molar refractivity (Wildman–Crippen MR) is 87.3 cm³/mol. The van der Waals surface area contributed by atoms with Gasteiger partial charge >= 0.3 is 0 Å². The van der Waals surface area contributed by atoms with Gasteiger partial charge in [-0.1, -0.05) is 12.1 Å². The summed E-state index contributed by atoms with van der Waals surface area (Å²) < 4.78 is 5.42. The molecule has 0 amide bonds. The fourth-order valence-electron chi connectivity index (χ4n) is 2.50. The van der Waals surface area contributed by atoms with Gasteiger partial charge in [0.05, 0.1) is 12.8 Å². The standard InChI is InChI=1S/C14H15Cl2N5O/c1-22-11-5-3-2-4-10(11)20-6-8-21(9-7-20)14-18-12(15)17-13(16)19-14/h2-5H,6-9H2,1H3. The molecule has 1 aromatic carbocycles. The lowest BCUT2D eigenvalue weighted by atomic mass is 10.2. The van der Waals surface area contributed by atoms with Crippen molar-refractivity contribution in [1.29, 1.82) is 0 Å². The molecule has 8 heteroatoms. The Kier molecular flexibility index (Phi) is 4.49. The lowest BCUT2D eigenvalue weighted by molar-refractivity contribution is 0.413. The van der Waals surface area contributed by atoms with Crippen molar-refractivity contribution in [2.45, 2.75) is 0 Å². The lowest BCUT2D eigenvalue weighted by Crippen LogP contribution is -2.47. The number of benzene rings is 1. The van der Waals surface area contributed by atoms with Gasteiger partial charge in [0, 0.05) is 26.2 Å². The summed E-state index contributed by atoms with van der Waals surface area (Å²) in [6.07, 6.45) is 0. The topological polar surface area (TPSA) is 54.4 Å². The van der Waals surface area contributed by atoms with Crippen LogP contribution in [0.1, 0.15) is 0 Å². The first-order valence-electron chi connectivity index (χ1n) is 6.87. The molecule has 0 radical (unpaired) electrons. The zero-order chi connectivity index (χ0) is 15.5. The highest BCUT2D eigenvalue weighted by molar-refractivity contribution is 6.31. The van der Waals surface area contributed by atoms with E-state index in [0.717, 1.165) is 37.6 Å². The molecule has 1 fully saturated rings. The van der Waals surface area contributed by atoms with Crippen molar-refractivity contribution in [3.8, 4) is 5.75 Å². The molecule has 0 aliphatic carbocycles. The van der Waals surface area contributed by atoms with Gasteiger partial charge in [0.15, 0.2) is 0 Å². The van der Waals surface area contributed by atoms with Crippen LogP contribution in [-0.4, -0.2) is 48.2 Å². The van der Waals surface area contributed by atoms with Gasteiger partial charge in [-0.3, -0.25) is 0 Å². The average Bonchev–Trinajstić information content (AvgIpc) is 2.54. The molecule has 0 atom stereocenters. The molecular formula is C14H15Cl2N5O. The van der Waals surface area contributed by atoms with Crippen LogP contribution in [0.5, 0.6) is 5.75 Å². The van der Waals surface area contributed by atoms with Crippen molar-refractivity contribution < 1.29 is 4.74 Å². The quantitative estimate of drug-likeness (QED) is 0.856. The molecule has 0 N–H and O–H groups in total. The third kappa shape index (κ3) is 3.18. The van der Waals surface area contributed by atoms with E-state index in [1.807, 2.05) is 23.1 Å². The average molecular weight is 340 g/mol. The predicted octanol–water partition coefficient (Wildman–Crippen LogP) is 2.51. The Hall–Kier alpha value is -1.79. The highest BCUT2D eigenvalue weighted by Crippen LogP contribution is 2.28. The van der Waals surface area contributed by atoms with E-state index < -0.39 is 0 Å². The van der Waals surface area contributed by atoms with Crippen LogP contribution in [0.3, 0.4) is 0 Å². The number of halogens is 2. The number of hydrogen-bond acceptors (Lipinski definition) is 6. The van der Waals surface area contributed by atoms with Gasteiger partial charge in [0.2, 0.25) is 16.5 Å². The number of rotatable bonds is 3. The number of piperazine rings is 1. The summed E-state index contributed by atoms with van der Waals surface area (Å²) in [6, 6.07) is 8.00. The number of hydrogen-bond donors (Lipinski definition) is 0. The first kappa shape index (κ1) is 15.1. The smallest absolute Gasteiger partial charge is 0.231 e. The maximum Gasteiger partial charge on any atom is 0.231 e. The summed E-state index contributed by atoms with van der Waals surface area (Å²) in [6.45, 7) is 3.21. The number of ether oxygens (including phenoxy) is 1. The van der Waals surface area contributed by atoms with Gasteiger partial charge in [-0.05, 0) is 35.3 Å². The van der Waals surface area contributed by atoms with Crippen molar-refractivity contribution in [1.82, 2.24) is 15.0 Å². The van der Waals surface area contributed by atoms with E-state index in [1.165, 1.54) is 0 Å². The second kappa shape index (κ2) is 6.54. The van der Waals surface area contributed by atoms with Crippen molar-refractivity contribution in [2.24, 2.45) is 0 Å². The Labute approximate surface area is 138 Å². The summed E-state index contributed by atoms with van der Waals surface area (Å²) in [5, 5.41) is 0.226. The van der Waals surface area contributed by atoms with Gasteiger partial charge in [-0.25, -0.2) is 0 Å². The summed E-state index contributed by atoms with van der Waals surface area (Å²) in [5.74, 6) is 1.40. The van der Waals surface area contributed by atoms with Crippen molar-refractivity contribution in [3.63, 3.8) is 0 Å². The molecule has 1 aliphatic heterocycles. The van der Waals surface area contributed by atoms with Crippen LogP contribution in [0.4, 0.5) is 11.6 Å². The molecule has 0 unspecified atom stereocenters. The van der Waals surface area contributed by atoms with Crippen LogP contribution in [0.25, 0.3) is 0 Å². The number of para-hydroxylation sites is 2. The molecule has 2 heterocycles. The molecule has 1 aromatic heterocycles. The number of methoxy groups -OCH3 is 1. The maximum absolute atomic E-state index is 5.83. The Bertz CT molecular complexity index is 641. The van der Waals surface area contributed by atoms with Crippen molar-refractivity contribution >= 4 is 34.8 Å². The van der Waals surface area contributed by atoms with Gasteiger partial charge in [-0.2, -0.15) is 15.0 Å². The van der Waals surface area contributed by atoms with Crippen molar-refractivity contribution in [2.75, 3.05) is 43.1 Å². The maximum atomic E-state index is 5.83. The Balaban J connectivity index is 1.72. The molecular weight excluding hydrogens is 325 g/mol. The highest BCUT2D eigenvalue weighted by Gasteiger charge is 2.21. The molecule has 2 aromatic rings. The van der Waals surface area contributed by atoms with Crippen LogP contribution in [-0.2, 0) is 0 Å². The molecule has 6 nitrogen and oxygen atoms in total. The number of aromatic nitrogens is 3. The van der Waals surface area contributed by atoms with E-state index in [0.29, 0.717) is 5.95 Å². The van der Waals surface area contributed by atoms with Gasteiger partial charge in [0.1, 0.15) is 5.75 Å². The second-order valence-electron chi connectivity index (χ2n) is 4.82. The zero-order valence-corrected chi connectivity index (χ0v) is 13.5. The minimum absolute atomic E-state index is 0.113. The SMILES string of the molecule is COc1ccccc1N1CCN(c2nc(Cl)nc(Cl)n2)CC1. The molecule has 0 bridgehead atoms. The van der Waals surface area contributed by atoms with Crippen molar-refractivity contribution in [3.05, 3.63) is 34.8 Å². The van der Waals surface area contributed by atoms with Gasteiger partial charge < -0.3 is 14.5 Å². The van der Waals surface area contributed by atoms with Crippen LogP contribution < -0.4 is 14.5 Å². The molecule has 0 saturated carbocycles. The summed E-state index contributed by atoms with van der Waals surface area (Å²) in [7, 11) is 1.68. The molecule has 22 heavy (non-hydrogen) atoms. The van der Waals surface area contributed by atoms with E-state index in [-0.39, 0.29) is 10.6 Å². The van der Waals surface area contributed by atoms with Crippen LogP contribution in [0, 0.1) is 0 Å². The van der Waals surface area contributed by atoms with Gasteiger partial charge in [0.25, 0.3) is 0 Å². The summed E-state index contributed by atoms with van der Waals surface area (Å²) >= 11 is 11.7. The van der Waals surface area contributed by atoms with E-state index in [4.69, 9.17) is 27.9 Å². The van der Waals surface area contributed by atoms with Gasteiger partial charge in [-0.15, -0.1) is 0 Å². The van der Waals surface area contributed by atoms with E-state index >= 15 is 0 Å². The molecule has 116 valence electrons. The largest absolute Gasteiger partial charge is 0.495 e. The normalized spacial score (nSPS) is 15.0. The van der Waals surface area contributed by atoms with Crippen LogP contribution in [0.2, 0.25) is 10.6 Å². The summed E-state index contributed by atoms with van der Waals surface area (Å²) in [5.41, 5.74) is 1.09. The fourth-order valence-corrected chi connectivity index (χ4v) is 2.85.